The fourth-order valence-corrected chi connectivity index (χ4v) is 3.55. The van der Waals surface area contributed by atoms with Gasteiger partial charge in [-0.2, -0.15) is 0 Å². The molecule has 0 saturated heterocycles. The summed E-state index contributed by atoms with van der Waals surface area (Å²) in [7, 11) is 3.32. The lowest BCUT2D eigenvalue weighted by atomic mass is 9.93. The molecule has 0 N–H and O–H groups in total. The molecule has 1 aliphatic carbocycles. The van der Waals surface area contributed by atoms with Crippen LogP contribution in [0.3, 0.4) is 0 Å². The minimum atomic E-state index is 0.172. The van der Waals surface area contributed by atoms with Crippen LogP contribution in [-0.2, 0) is 17.6 Å². The van der Waals surface area contributed by atoms with E-state index in [1.54, 1.807) is 14.2 Å². The second kappa shape index (κ2) is 7.07. The number of nitrogens with zero attached hydrogens (tertiary/aromatic N) is 1. The van der Waals surface area contributed by atoms with Crippen LogP contribution in [0.25, 0.3) is 0 Å². The van der Waals surface area contributed by atoms with Crippen molar-refractivity contribution < 1.29 is 14.3 Å². The van der Waals surface area contributed by atoms with Gasteiger partial charge in [0.1, 0.15) is 0 Å². The van der Waals surface area contributed by atoms with Gasteiger partial charge in [0.05, 0.1) is 14.2 Å². The molecule has 0 fully saturated rings. The molecule has 1 aliphatic heterocycles. The Morgan fingerprint density at radius 2 is 1.65 bits per heavy atom. The summed E-state index contributed by atoms with van der Waals surface area (Å²) >= 11 is 0. The number of methoxy groups -OCH3 is 2. The highest BCUT2D eigenvalue weighted by molar-refractivity contribution is 5.79. The summed E-state index contributed by atoms with van der Waals surface area (Å²) in [5.41, 5.74) is 2.53. The third-order valence-electron chi connectivity index (χ3n) is 4.94. The summed E-state index contributed by atoms with van der Waals surface area (Å²) in [6.45, 7) is 1.59. The Hall–Kier alpha value is -1.97. The van der Waals surface area contributed by atoms with Gasteiger partial charge in [-0.25, -0.2) is 0 Å². The second-order valence-electron chi connectivity index (χ2n) is 6.28. The zero-order chi connectivity index (χ0) is 16.2. The molecule has 1 aromatic carbocycles. The van der Waals surface area contributed by atoms with Crippen molar-refractivity contribution in [2.45, 2.75) is 32.1 Å². The molecule has 0 bridgehead atoms. The predicted molar refractivity (Wildman–Crippen MR) is 90.0 cm³/mol. The lowest BCUT2D eigenvalue weighted by Gasteiger charge is -2.26. The van der Waals surface area contributed by atoms with Crippen molar-refractivity contribution >= 4 is 5.91 Å². The van der Waals surface area contributed by atoms with Crippen LogP contribution >= 0.6 is 0 Å². The smallest absolute Gasteiger partial charge is 0.226 e. The molecule has 4 nitrogen and oxygen atoms in total. The molecule has 0 radical (unpaired) electrons. The number of benzene rings is 1. The Morgan fingerprint density at radius 3 is 2.13 bits per heavy atom. The van der Waals surface area contributed by atoms with Gasteiger partial charge in [0, 0.05) is 19.0 Å². The van der Waals surface area contributed by atoms with Gasteiger partial charge in [-0.15, -0.1) is 0 Å². The van der Waals surface area contributed by atoms with Gasteiger partial charge in [0.15, 0.2) is 11.5 Å². The van der Waals surface area contributed by atoms with Crippen LogP contribution in [0.5, 0.6) is 11.5 Å². The highest BCUT2D eigenvalue weighted by Gasteiger charge is 2.26. The molecule has 0 spiro atoms. The molecule has 0 aromatic heterocycles. The first-order chi connectivity index (χ1) is 11.2. The summed E-state index contributed by atoms with van der Waals surface area (Å²) in [5.74, 6) is 2.03. The van der Waals surface area contributed by atoms with Crippen LogP contribution in [0.2, 0.25) is 0 Å². The van der Waals surface area contributed by atoms with Gasteiger partial charge in [0.25, 0.3) is 0 Å². The SMILES string of the molecule is COc1cc2c(cc1OC)CCN(C(=O)[C@H]1CC=CCC1)CC2. The van der Waals surface area contributed by atoms with Crippen molar-refractivity contribution in [2.24, 2.45) is 5.92 Å². The van der Waals surface area contributed by atoms with Gasteiger partial charge in [-0.3, -0.25) is 4.79 Å². The molecule has 1 heterocycles. The molecule has 23 heavy (non-hydrogen) atoms. The van der Waals surface area contributed by atoms with Gasteiger partial charge in [-0.1, -0.05) is 12.2 Å². The third-order valence-corrected chi connectivity index (χ3v) is 4.94. The maximum absolute atomic E-state index is 12.7. The number of rotatable bonds is 3. The maximum atomic E-state index is 12.7. The maximum Gasteiger partial charge on any atom is 0.226 e. The normalized spacial score (nSPS) is 20.6. The van der Waals surface area contributed by atoms with E-state index in [0.29, 0.717) is 5.91 Å². The van der Waals surface area contributed by atoms with E-state index in [0.717, 1.165) is 56.7 Å². The lowest BCUT2D eigenvalue weighted by molar-refractivity contribution is -0.135. The number of allylic oxidation sites excluding steroid dienone is 2. The number of hydrogen-bond donors (Lipinski definition) is 0. The second-order valence-corrected chi connectivity index (χ2v) is 6.28. The standard InChI is InChI=1S/C19H25NO3/c1-22-17-12-15-8-10-20(11-9-16(15)13-18(17)23-2)19(21)14-6-4-3-5-7-14/h3-4,12-14H,5-11H2,1-2H3/t14-/m0/s1. The summed E-state index contributed by atoms with van der Waals surface area (Å²) in [6.07, 6.45) is 8.99. The highest BCUT2D eigenvalue weighted by atomic mass is 16.5. The largest absolute Gasteiger partial charge is 0.493 e. The lowest BCUT2D eigenvalue weighted by Crippen LogP contribution is -2.38. The van der Waals surface area contributed by atoms with E-state index in [2.05, 4.69) is 24.3 Å². The van der Waals surface area contributed by atoms with E-state index in [1.165, 1.54) is 11.1 Å². The quantitative estimate of drug-likeness (QED) is 0.805. The minimum absolute atomic E-state index is 0.172. The van der Waals surface area contributed by atoms with E-state index >= 15 is 0 Å². The summed E-state index contributed by atoms with van der Waals surface area (Å²) in [4.78, 5) is 14.8. The van der Waals surface area contributed by atoms with E-state index in [-0.39, 0.29) is 5.92 Å². The van der Waals surface area contributed by atoms with Crippen molar-refractivity contribution in [3.05, 3.63) is 35.4 Å². The monoisotopic (exact) mass is 315 g/mol. The minimum Gasteiger partial charge on any atom is -0.493 e. The van der Waals surface area contributed by atoms with Crippen LogP contribution in [0.15, 0.2) is 24.3 Å². The van der Waals surface area contributed by atoms with Crippen LogP contribution < -0.4 is 9.47 Å². The number of carbonyl (C=O) groups is 1. The first-order valence-electron chi connectivity index (χ1n) is 8.40. The molecule has 0 unspecified atom stereocenters. The molecule has 3 rings (SSSR count). The number of amides is 1. The molecule has 124 valence electrons. The molecular formula is C19H25NO3. The van der Waals surface area contributed by atoms with Gasteiger partial charge < -0.3 is 14.4 Å². The van der Waals surface area contributed by atoms with Crippen molar-refractivity contribution in [3.8, 4) is 11.5 Å². The molecular weight excluding hydrogens is 290 g/mol. The van der Waals surface area contributed by atoms with E-state index in [4.69, 9.17) is 9.47 Å². The van der Waals surface area contributed by atoms with Crippen molar-refractivity contribution in [1.82, 2.24) is 4.90 Å². The summed E-state index contributed by atoms with van der Waals surface area (Å²) < 4.78 is 10.8. The van der Waals surface area contributed by atoms with Crippen LogP contribution in [0.1, 0.15) is 30.4 Å². The Kier molecular flexibility index (Phi) is 4.89. The van der Waals surface area contributed by atoms with Gasteiger partial charge >= 0.3 is 0 Å². The Morgan fingerprint density at radius 1 is 1.04 bits per heavy atom. The van der Waals surface area contributed by atoms with Crippen molar-refractivity contribution in [2.75, 3.05) is 27.3 Å². The Balaban J connectivity index is 1.74. The van der Waals surface area contributed by atoms with Crippen LogP contribution in [0.4, 0.5) is 0 Å². The molecule has 0 saturated carbocycles. The molecule has 1 amide bonds. The Bertz CT molecular complexity index is 574. The van der Waals surface area contributed by atoms with E-state index in [1.807, 2.05) is 4.90 Å². The average Bonchev–Trinajstić information content (AvgIpc) is 2.82. The summed E-state index contributed by atoms with van der Waals surface area (Å²) in [6, 6.07) is 4.12. The highest BCUT2D eigenvalue weighted by Crippen LogP contribution is 2.32. The van der Waals surface area contributed by atoms with Crippen LogP contribution in [-0.4, -0.2) is 38.1 Å². The van der Waals surface area contributed by atoms with Gasteiger partial charge in [0.2, 0.25) is 5.91 Å². The first-order valence-corrected chi connectivity index (χ1v) is 8.40. The molecule has 1 atom stereocenters. The topological polar surface area (TPSA) is 38.8 Å². The van der Waals surface area contributed by atoms with E-state index < -0.39 is 0 Å². The van der Waals surface area contributed by atoms with E-state index in [9.17, 15) is 4.79 Å². The number of fused-ring (bicyclic) bond motifs is 1. The zero-order valence-electron chi connectivity index (χ0n) is 14.0. The predicted octanol–water partition coefficient (Wildman–Crippen LogP) is 2.99. The summed E-state index contributed by atoms with van der Waals surface area (Å²) in [5, 5.41) is 0. The third kappa shape index (κ3) is 3.36. The van der Waals surface area contributed by atoms with Crippen LogP contribution in [0, 0.1) is 5.92 Å². The number of ether oxygens (including phenoxy) is 2. The fraction of sp³-hybridized carbons (Fsp3) is 0.526. The molecule has 2 aliphatic rings. The number of hydrogen-bond acceptors (Lipinski definition) is 3. The molecule has 1 aromatic rings. The fourth-order valence-electron chi connectivity index (χ4n) is 3.55. The Labute approximate surface area is 138 Å². The van der Waals surface area contributed by atoms with Crippen molar-refractivity contribution in [3.63, 3.8) is 0 Å². The first kappa shape index (κ1) is 15.9. The zero-order valence-corrected chi connectivity index (χ0v) is 14.0. The number of carbonyl (C=O) groups excluding carboxylic acids is 1. The van der Waals surface area contributed by atoms with Crippen molar-refractivity contribution in [1.29, 1.82) is 0 Å². The van der Waals surface area contributed by atoms with Gasteiger partial charge in [-0.05, 0) is 55.4 Å². The average molecular weight is 315 g/mol. The molecule has 4 heteroatoms.